The van der Waals surface area contributed by atoms with Gasteiger partial charge in [-0.1, -0.05) is 19.6 Å². The van der Waals surface area contributed by atoms with Crippen LogP contribution in [0.2, 0.25) is 25.7 Å². The number of nitro groups is 1. The Morgan fingerprint density at radius 1 is 1.38 bits per heavy atom. The van der Waals surface area contributed by atoms with E-state index >= 15 is 0 Å². The molecule has 0 aliphatic heterocycles. The predicted octanol–water partition coefficient (Wildman–Crippen LogP) is 3.36. The first-order chi connectivity index (χ1) is 11.2. The lowest BCUT2D eigenvalue weighted by Gasteiger charge is -2.15. The van der Waals surface area contributed by atoms with Gasteiger partial charge in [-0.2, -0.15) is 19.0 Å². The second kappa shape index (κ2) is 7.17. The molecule has 0 saturated carbocycles. The largest absolute Gasteiger partial charge is 0.360 e. The molecular formula is C13H19F2N5O3Si. The number of alkyl halides is 2. The van der Waals surface area contributed by atoms with Gasteiger partial charge in [-0.3, -0.25) is 10.1 Å². The molecule has 0 atom stereocenters. The third-order valence-electron chi connectivity index (χ3n) is 3.23. The van der Waals surface area contributed by atoms with Crippen LogP contribution >= 0.6 is 0 Å². The SMILES string of the molecule is C[Si](C)(C)CCOCn1cc([N+](=O)[O-])c(-c2cnn(C(F)F)c2)n1. The van der Waals surface area contributed by atoms with Crippen LogP contribution < -0.4 is 0 Å². The summed E-state index contributed by atoms with van der Waals surface area (Å²) in [4.78, 5) is 10.5. The van der Waals surface area contributed by atoms with Gasteiger partial charge in [0.25, 0.3) is 0 Å². The molecule has 2 aromatic rings. The summed E-state index contributed by atoms with van der Waals surface area (Å²) in [7, 11) is -1.22. The average molecular weight is 359 g/mol. The molecule has 8 nitrogen and oxygen atoms in total. The van der Waals surface area contributed by atoms with Gasteiger partial charge in [-0.25, -0.2) is 9.36 Å². The minimum absolute atomic E-state index is 0.0132. The molecule has 0 aromatic carbocycles. The van der Waals surface area contributed by atoms with Gasteiger partial charge in [-0.05, 0) is 6.04 Å². The zero-order valence-corrected chi connectivity index (χ0v) is 14.6. The molecule has 132 valence electrons. The highest BCUT2D eigenvalue weighted by Gasteiger charge is 2.23. The fraction of sp³-hybridized carbons (Fsp3) is 0.538. The lowest BCUT2D eigenvalue weighted by molar-refractivity contribution is -0.384. The highest BCUT2D eigenvalue weighted by Crippen LogP contribution is 2.28. The molecule has 0 unspecified atom stereocenters. The topological polar surface area (TPSA) is 88.0 Å². The molecule has 2 heterocycles. The van der Waals surface area contributed by atoms with E-state index in [0.29, 0.717) is 11.3 Å². The third-order valence-corrected chi connectivity index (χ3v) is 4.94. The Bertz CT molecular complexity index is 711. The summed E-state index contributed by atoms with van der Waals surface area (Å²) in [6.07, 6.45) is 3.37. The molecule has 0 saturated heterocycles. The number of hydrogen-bond donors (Lipinski definition) is 0. The number of ether oxygens (including phenoxy) is 1. The maximum Gasteiger partial charge on any atom is 0.333 e. The number of hydrogen-bond acceptors (Lipinski definition) is 5. The Labute approximate surface area is 138 Å². The van der Waals surface area contributed by atoms with Crippen molar-refractivity contribution in [3.63, 3.8) is 0 Å². The van der Waals surface area contributed by atoms with Crippen LogP contribution in [0.1, 0.15) is 6.55 Å². The van der Waals surface area contributed by atoms with Gasteiger partial charge in [0, 0.05) is 26.4 Å². The van der Waals surface area contributed by atoms with Gasteiger partial charge in [0.05, 0.1) is 11.1 Å². The fourth-order valence-electron chi connectivity index (χ4n) is 1.92. The van der Waals surface area contributed by atoms with Crippen molar-refractivity contribution in [2.45, 2.75) is 39.0 Å². The van der Waals surface area contributed by atoms with Crippen molar-refractivity contribution in [3.8, 4) is 11.3 Å². The summed E-state index contributed by atoms with van der Waals surface area (Å²) in [5.41, 5.74) is -0.138. The standard InChI is InChI=1S/C13H19F2N5O3Si/c1-24(2,3)5-4-23-9-18-8-11(20(21)22)12(17-18)10-6-16-19(7-10)13(14)15/h6-8,13H,4-5,9H2,1-3H3. The van der Waals surface area contributed by atoms with Crippen LogP contribution in [0, 0.1) is 10.1 Å². The molecule has 0 N–H and O–H groups in total. The summed E-state index contributed by atoms with van der Waals surface area (Å²) in [5.74, 6) is 0. The van der Waals surface area contributed by atoms with Gasteiger partial charge in [0.2, 0.25) is 0 Å². The molecule has 0 spiro atoms. The van der Waals surface area contributed by atoms with Crippen LogP contribution in [0.25, 0.3) is 11.3 Å². The lowest BCUT2D eigenvalue weighted by atomic mass is 10.2. The Hall–Kier alpha value is -2.14. The van der Waals surface area contributed by atoms with Crippen molar-refractivity contribution >= 4 is 13.8 Å². The minimum Gasteiger partial charge on any atom is -0.360 e. The quantitative estimate of drug-likeness (QED) is 0.312. The van der Waals surface area contributed by atoms with E-state index in [9.17, 15) is 18.9 Å². The highest BCUT2D eigenvalue weighted by atomic mass is 28.3. The van der Waals surface area contributed by atoms with Crippen molar-refractivity contribution in [1.29, 1.82) is 0 Å². The van der Waals surface area contributed by atoms with Crippen LogP contribution in [0.4, 0.5) is 14.5 Å². The van der Waals surface area contributed by atoms with Crippen molar-refractivity contribution in [2.24, 2.45) is 0 Å². The summed E-state index contributed by atoms with van der Waals surface area (Å²) in [5, 5.41) is 18.7. The fourth-order valence-corrected chi connectivity index (χ4v) is 2.68. The zero-order valence-electron chi connectivity index (χ0n) is 13.6. The maximum absolute atomic E-state index is 12.6. The van der Waals surface area contributed by atoms with Crippen LogP contribution in [0.5, 0.6) is 0 Å². The van der Waals surface area contributed by atoms with E-state index in [-0.39, 0.29) is 23.7 Å². The molecule has 11 heteroatoms. The Kier molecular flexibility index (Phi) is 5.44. The van der Waals surface area contributed by atoms with E-state index in [4.69, 9.17) is 4.74 Å². The summed E-state index contributed by atoms with van der Waals surface area (Å²) >= 11 is 0. The molecule has 2 rings (SSSR count). The molecule has 0 bridgehead atoms. The van der Waals surface area contributed by atoms with E-state index in [0.717, 1.165) is 18.4 Å². The van der Waals surface area contributed by atoms with Gasteiger partial charge in [-0.15, -0.1) is 0 Å². The first-order valence-electron chi connectivity index (χ1n) is 7.29. The summed E-state index contributed by atoms with van der Waals surface area (Å²) in [6.45, 7) is 4.44. The summed E-state index contributed by atoms with van der Waals surface area (Å²) < 4.78 is 32.4. The molecule has 0 radical (unpaired) electrons. The number of aromatic nitrogens is 4. The van der Waals surface area contributed by atoms with E-state index in [1.807, 2.05) is 0 Å². The Morgan fingerprint density at radius 3 is 2.62 bits per heavy atom. The zero-order chi connectivity index (χ0) is 17.9. The van der Waals surface area contributed by atoms with Gasteiger partial charge in [0.15, 0.2) is 5.69 Å². The van der Waals surface area contributed by atoms with Crippen LogP contribution in [0.3, 0.4) is 0 Å². The van der Waals surface area contributed by atoms with E-state index in [1.54, 1.807) is 0 Å². The lowest BCUT2D eigenvalue weighted by Crippen LogP contribution is -2.22. The minimum atomic E-state index is -2.82. The molecular weight excluding hydrogens is 340 g/mol. The van der Waals surface area contributed by atoms with Crippen molar-refractivity contribution in [2.75, 3.05) is 6.61 Å². The average Bonchev–Trinajstić information content (AvgIpc) is 3.09. The van der Waals surface area contributed by atoms with E-state index < -0.39 is 19.5 Å². The van der Waals surface area contributed by atoms with E-state index in [1.165, 1.54) is 10.9 Å². The second-order valence-corrected chi connectivity index (χ2v) is 12.1. The van der Waals surface area contributed by atoms with Gasteiger partial charge >= 0.3 is 12.2 Å². The molecule has 24 heavy (non-hydrogen) atoms. The first kappa shape index (κ1) is 18.2. The predicted molar refractivity (Wildman–Crippen MR) is 85.5 cm³/mol. The highest BCUT2D eigenvalue weighted by molar-refractivity contribution is 6.76. The van der Waals surface area contributed by atoms with E-state index in [2.05, 4.69) is 29.8 Å². The van der Waals surface area contributed by atoms with Crippen LogP contribution in [-0.4, -0.2) is 39.2 Å². The van der Waals surface area contributed by atoms with Crippen molar-refractivity contribution in [3.05, 3.63) is 28.7 Å². The smallest absolute Gasteiger partial charge is 0.333 e. The maximum atomic E-state index is 12.6. The molecule has 0 amide bonds. The summed E-state index contributed by atoms with van der Waals surface area (Å²) in [6, 6.07) is 0.963. The normalized spacial score (nSPS) is 12.1. The van der Waals surface area contributed by atoms with Crippen molar-refractivity contribution < 1.29 is 18.4 Å². The molecule has 0 aliphatic carbocycles. The number of nitrogens with zero attached hydrogens (tertiary/aromatic N) is 5. The monoisotopic (exact) mass is 359 g/mol. The third kappa shape index (κ3) is 4.68. The van der Waals surface area contributed by atoms with Crippen LogP contribution in [-0.2, 0) is 11.5 Å². The van der Waals surface area contributed by atoms with Gasteiger partial charge in [0.1, 0.15) is 12.9 Å². The molecule has 2 aromatic heterocycles. The Morgan fingerprint density at radius 2 is 2.08 bits per heavy atom. The first-order valence-corrected chi connectivity index (χ1v) is 11.0. The van der Waals surface area contributed by atoms with Crippen molar-refractivity contribution in [1.82, 2.24) is 19.6 Å². The van der Waals surface area contributed by atoms with Crippen LogP contribution in [0.15, 0.2) is 18.6 Å². The molecule has 0 aliphatic rings. The number of rotatable bonds is 8. The Balaban J connectivity index is 2.13. The van der Waals surface area contributed by atoms with Gasteiger partial charge < -0.3 is 4.74 Å². The molecule has 0 fully saturated rings. The number of halogens is 2. The second-order valence-electron chi connectivity index (χ2n) is 6.49.